The third-order valence-electron chi connectivity index (χ3n) is 5.68. The molecule has 0 aliphatic carbocycles. The van der Waals surface area contributed by atoms with Gasteiger partial charge in [0.2, 0.25) is 5.88 Å². The number of nitrogens with two attached hydrogens (primary N) is 1. The summed E-state index contributed by atoms with van der Waals surface area (Å²) < 4.78 is 6.10. The van der Waals surface area contributed by atoms with E-state index in [1.165, 1.54) is 7.11 Å². The molecule has 35 heavy (non-hydrogen) atoms. The van der Waals surface area contributed by atoms with Crippen molar-refractivity contribution in [2.75, 3.05) is 7.11 Å². The Morgan fingerprint density at radius 2 is 1.63 bits per heavy atom. The number of aromatic nitrogens is 2. The summed E-state index contributed by atoms with van der Waals surface area (Å²) in [5, 5.41) is 0.778. The molecule has 0 amide bonds. The van der Waals surface area contributed by atoms with Gasteiger partial charge in [-0.3, -0.25) is 0 Å². The third kappa shape index (κ3) is 4.58. The van der Waals surface area contributed by atoms with Crippen LogP contribution in [0, 0.1) is 4.91 Å². The van der Waals surface area contributed by atoms with Gasteiger partial charge in [-0.05, 0) is 35.4 Å². The molecule has 0 atom stereocenters. The first kappa shape index (κ1) is 22.2. The van der Waals surface area contributed by atoms with Crippen LogP contribution < -0.4 is 10.5 Å². The van der Waals surface area contributed by atoms with E-state index < -0.39 is 0 Å². The zero-order chi connectivity index (χ0) is 24.2. The Hall–Kier alpha value is -4.62. The SMILES string of the molecule is CO[N+](=O)c1ccc(Oc2nccc3nc(-c4ccc(CN)cc4)c(-c4ccccc4)cc23)cc1. The lowest BCUT2D eigenvalue weighted by atomic mass is 9.97. The molecule has 2 aromatic heterocycles. The summed E-state index contributed by atoms with van der Waals surface area (Å²) in [7, 11) is 1.32. The summed E-state index contributed by atoms with van der Waals surface area (Å²) in [5.41, 5.74) is 11.8. The highest BCUT2D eigenvalue weighted by Crippen LogP contribution is 2.37. The number of rotatable bonds is 7. The van der Waals surface area contributed by atoms with Gasteiger partial charge in [-0.1, -0.05) is 54.6 Å². The van der Waals surface area contributed by atoms with Crippen molar-refractivity contribution in [3.8, 4) is 34.0 Å². The zero-order valence-electron chi connectivity index (χ0n) is 19.1. The molecule has 7 heteroatoms. The van der Waals surface area contributed by atoms with Gasteiger partial charge in [-0.15, -0.1) is 0 Å². The second-order valence-electron chi connectivity index (χ2n) is 7.87. The predicted octanol–water partition coefficient (Wildman–Crippen LogP) is 6.19. The molecule has 2 heterocycles. The maximum absolute atomic E-state index is 11.6. The van der Waals surface area contributed by atoms with E-state index in [4.69, 9.17) is 15.5 Å². The van der Waals surface area contributed by atoms with Crippen molar-refractivity contribution < 1.29 is 14.5 Å². The minimum atomic E-state index is 0.365. The number of ether oxygens (including phenoxy) is 1. The lowest BCUT2D eigenvalue weighted by Gasteiger charge is -2.14. The molecule has 0 unspecified atom stereocenters. The lowest BCUT2D eigenvalue weighted by Crippen LogP contribution is -1.98. The molecule has 3 aromatic carbocycles. The average Bonchev–Trinajstić information content (AvgIpc) is 2.93. The number of fused-ring (bicyclic) bond motifs is 1. The average molecular weight is 464 g/mol. The molecule has 7 nitrogen and oxygen atoms in total. The van der Waals surface area contributed by atoms with Crippen LogP contribution in [0.25, 0.3) is 33.3 Å². The first-order chi connectivity index (χ1) is 17.2. The Morgan fingerprint density at radius 3 is 2.31 bits per heavy atom. The van der Waals surface area contributed by atoms with Gasteiger partial charge in [0, 0.05) is 36.0 Å². The molecule has 0 fully saturated rings. The first-order valence-electron chi connectivity index (χ1n) is 11.1. The Bertz CT molecular complexity index is 1490. The molecule has 5 aromatic rings. The fourth-order valence-corrected chi connectivity index (χ4v) is 3.86. The van der Waals surface area contributed by atoms with Crippen LogP contribution in [-0.4, -0.2) is 22.0 Å². The Labute approximate surface area is 202 Å². The zero-order valence-corrected chi connectivity index (χ0v) is 19.1. The van der Waals surface area contributed by atoms with E-state index in [0.717, 1.165) is 38.9 Å². The van der Waals surface area contributed by atoms with Gasteiger partial charge >= 0.3 is 5.69 Å². The van der Waals surface area contributed by atoms with Crippen LogP contribution in [-0.2, 0) is 11.4 Å². The van der Waals surface area contributed by atoms with Crippen molar-refractivity contribution in [3.63, 3.8) is 0 Å². The van der Waals surface area contributed by atoms with Gasteiger partial charge in [-0.25, -0.2) is 14.8 Å². The Morgan fingerprint density at radius 1 is 0.886 bits per heavy atom. The molecular formula is C28H23N4O3+. The minimum absolute atomic E-state index is 0.365. The lowest BCUT2D eigenvalue weighted by molar-refractivity contribution is -0.736. The van der Waals surface area contributed by atoms with Gasteiger partial charge in [0.1, 0.15) is 5.75 Å². The molecule has 0 aliphatic rings. The third-order valence-corrected chi connectivity index (χ3v) is 5.68. The molecule has 0 spiro atoms. The second kappa shape index (κ2) is 9.70. The number of benzene rings is 3. The van der Waals surface area contributed by atoms with Crippen LogP contribution in [0.4, 0.5) is 5.69 Å². The van der Waals surface area contributed by atoms with Crippen LogP contribution in [0.15, 0.2) is 97.2 Å². The van der Waals surface area contributed by atoms with E-state index in [9.17, 15) is 4.91 Å². The molecule has 0 bridgehead atoms. The van der Waals surface area contributed by atoms with Crippen LogP contribution in [0.2, 0.25) is 0 Å². The van der Waals surface area contributed by atoms with Crippen molar-refractivity contribution in [1.29, 1.82) is 0 Å². The van der Waals surface area contributed by atoms with Crippen molar-refractivity contribution in [1.82, 2.24) is 9.97 Å². The summed E-state index contributed by atoms with van der Waals surface area (Å²) in [6.07, 6.45) is 1.67. The maximum atomic E-state index is 11.6. The standard InChI is InChI=1S/C28H23N4O3/c1-34-32(33)22-11-13-23(14-12-22)35-28-25-17-24(20-5-3-2-4-6-20)27(31-26(25)15-16-30-28)21-9-7-19(18-29)8-10-21/h2-17H,18,29H2,1H3/q+1. The monoisotopic (exact) mass is 463 g/mol. The van der Waals surface area contributed by atoms with E-state index in [1.807, 2.05) is 48.5 Å². The molecule has 0 radical (unpaired) electrons. The summed E-state index contributed by atoms with van der Waals surface area (Å²) in [5.74, 6) is 0.969. The number of nitrogens with zero attached hydrogens (tertiary/aromatic N) is 3. The fourth-order valence-electron chi connectivity index (χ4n) is 3.86. The van der Waals surface area contributed by atoms with Gasteiger partial charge in [0.15, 0.2) is 7.11 Å². The van der Waals surface area contributed by atoms with Gasteiger partial charge in [0.05, 0.1) is 21.5 Å². The predicted molar refractivity (Wildman–Crippen MR) is 135 cm³/mol. The second-order valence-corrected chi connectivity index (χ2v) is 7.87. The molecule has 2 N–H and O–H groups in total. The van der Waals surface area contributed by atoms with E-state index in [2.05, 4.69) is 28.0 Å². The fraction of sp³-hybridized carbons (Fsp3) is 0.0714. The number of pyridine rings is 2. The highest BCUT2D eigenvalue weighted by atomic mass is 16.8. The summed E-state index contributed by atoms with van der Waals surface area (Å²) in [4.78, 5) is 26.2. The summed E-state index contributed by atoms with van der Waals surface area (Å²) in [6.45, 7) is 0.489. The van der Waals surface area contributed by atoms with Crippen molar-refractivity contribution in [3.05, 3.63) is 108 Å². The van der Waals surface area contributed by atoms with Gasteiger partial charge < -0.3 is 10.5 Å². The molecular weight excluding hydrogens is 440 g/mol. The van der Waals surface area contributed by atoms with Crippen LogP contribution in [0.1, 0.15) is 5.56 Å². The van der Waals surface area contributed by atoms with Gasteiger partial charge in [0.25, 0.3) is 4.92 Å². The smallest absolute Gasteiger partial charge is 0.317 e. The summed E-state index contributed by atoms with van der Waals surface area (Å²) in [6, 6.07) is 28.8. The van der Waals surface area contributed by atoms with E-state index in [1.54, 1.807) is 30.5 Å². The first-order valence-corrected chi connectivity index (χ1v) is 11.1. The maximum Gasteiger partial charge on any atom is 0.317 e. The van der Waals surface area contributed by atoms with Gasteiger partial charge in [-0.2, -0.15) is 0 Å². The van der Waals surface area contributed by atoms with Crippen LogP contribution >= 0.6 is 0 Å². The number of hydrogen-bond donors (Lipinski definition) is 1. The molecule has 5 rings (SSSR count). The van der Waals surface area contributed by atoms with Crippen molar-refractivity contribution in [2.24, 2.45) is 5.73 Å². The Balaban J connectivity index is 1.62. The van der Waals surface area contributed by atoms with E-state index in [0.29, 0.717) is 28.8 Å². The Kier molecular flexibility index (Phi) is 6.15. The van der Waals surface area contributed by atoms with Crippen LogP contribution in [0.3, 0.4) is 0 Å². The highest BCUT2D eigenvalue weighted by Gasteiger charge is 2.17. The molecule has 0 saturated heterocycles. The highest BCUT2D eigenvalue weighted by molar-refractivity contribution is 5.94. The molecule has 0 saturated carbocycles. The normalized spacial score (nSPS) is 10.8. The van der Waals surface area contributed by atoms with Crippen LogP contribution in [0.5, 0.6) is 11.6 Å². The van der Waals surface area contributed by atoms with Crippen molar-refractivity contribution in [2.45, 2.75) is 6.54 Å². The van der Waals surface area contributed by atoms with E-state index in [-0.39, 0.29) is 0 Å². The molecule has 0 aliphatic heterocycles. The largest absolute Gasteiger partial charge is 0.438 e. The molecule has 172 valence electrons. The topological polar surface area (TPSA) is 90.3 Å². The van der Waals surface area contributed by atoms with E-state index >= 15 is 0 Å². The van der Waals surface area contributed by atoms with Crippen molar-refractivity contribution >= 4 is 16.6 Å². The number of hydrogen-bond acceptors (Lipinski definition) is 6. The quantitative estimate of drug-likeness (QED) is 0.290. The summed E-state index contributed by atoms with van der Waals surface area (Å²) >= 11 is 0. The minimum Gasteiger partial charge on any atom is -0.438 e.